The first-order valence-electron chi connectivity index (χ1n) is 9.30. The Morgan fingerprint density at radius 1 is 0.967 bits per heavy atom. The molecule has 2 N–H and O–H groups in total. The smallest absolute Gasteiger partial charge is 0.243 e. The number of likely N-dealkylation sites (N-methyl/N-ethyl adjacent to an activating group) is 1. The van der Waals surface area contributed by atoms with Crippen molar-refractivity contribution < 1.29 is 13.2 Å². The number of sulfonamides is 1. The topological polar surface area (TPSA) is 95.2 Å². The molecule has 0 saturated heterocycles. The zero-order chi connectivity index (χ0) is 21.1. The molecule has 0 fully saturated rings. The Labute approximate surface area is 174 Å². The van der Waals surface area contributed by atoms with Gasteiger partial charge >= 0.3 is 0 Å². The van der Waals surface area contributed by atoms with Crippen LogP contribution in [0.3, 0.4) is 0 Å². The quantitative estimate of drug-likeness (QED) is 0.499. The van der Waals surface area contributed by atoms with E-state index in [1.54, 1.807) is 30.3 Å². The van der Waals surface area contributed by atoms with E-state index in [9.17, 15) is 13.2 Å². The van der Waals surface area contributed by atoms with Gasteiger partial charge in [0.15, 0.2) is 0 Å². The van der Waals surface area contributed by atoms with Crippen molar-refractivity contribution in [1.29, 1.82) is 0 Å². The zero-order valence-corrected chi connectivity index (χ0v) is 17.1. The van der Waals surface area contributed by atoms with Gasteiger partial charge < -0.3 is 10.3 Å². The molecule has 0 atom stereocenters. The van der Waals surface area contributed by atoms with Gasteiger partial charge in [-0.15, -0.1) is 0 Å². The van der Waals surface area contributed by atoms with E-state index >= 15 is 0 Å². The third-order valence-electron chi connectivity index (χ3n) is 4.65. The number of nitrogens with zero attached hydrogens (tertiary/aromatic N) is 2. The number of benzene rings is 3. The number of carbonyl (C=O) groups excluding carboxylic acids is 1. The molecule has 152 valence electrons. The second-order valence-corrected chi connectivity index (χ2v) is 8.85. The van der Waals surface area contributed by atoms with E-state index in [0.29, 0.717) is 5.69 Å². The predicted molar refractivity (Wildman–Crippen MR) is 116 cm³/mol. The van der Waals surface area contributed by atoms with Gasteiger partial charge in [0.25, 0.3) is 0 Å². The van der Waals surface area contributed by atoms with Gasteiger partial charge in [-0.3, -0.25) is 4.79 Å². The summed E-state index contributed by atoms with van der Waals surface area (Å²) in [6.07, 6.45) is 0. The highest BCUT2D eigenvalue weighted by molar-refractivity contribution is 7.89. The van der Waals surface area contributed by atoms with Crippen LogP contribution in [0.25, 0.3) is 22.4 Å². The van der Waals surface area contributed by atoms with E-state index in [1.807, 2.05) is 36.4 Å². The van der Waals surface area contributed by atoms with Crippen molar-refractivity contribution in [3.8, 4) is 11.4 Å². The summed E-state index contributed by atoms with van der Waals surface area (Å²) in [5, 5.41) is 2.73. The molecule has 1 aromatic heterocycles. The van der Waals surface area contributed by atoms with Gasteiger partial charge in [-0.05, 0) is 48.5 Å². The molecular weight excluding hydrogens is 400 g/mol. The van der Waals surface area contributed by atoms with Crippen LogP contribution in [0, 0.1) is 0 Å². The van der Waals surface area contributed by atoms with E-state index < -0.39 is 15.9 Å². The normalized spacial score (nSPS) is 11.7. The first-order valence-corrected chi connectivity index (χ1v) is 10.7. The van der Waals surface area contributed by atoms with Crippen LogP contribution in [-0.2, 0) is 14.8 Å². The number of rotatable bonds is 6. The molecule has 4 rings (SSSR count). The Morgan fingerprint density at radius 2 is 1.63 bits per heavy atom. The Morgan fingerprint density at radius 3 is 2.33 bits per heavy atom. The van der Waals surface area contributed by atoms with Crippen LogP contribution in [0.1, 0.15) is 0 Å². The predicted octanol–water partition coefficient (Wildman–Crippen LogP) is 3.49. The van der Waals surface area contributed by atoms with E-state index in [-0.39, 0.29) is 11.4 Å². The summed E-state index contributed by atoms with van der Waals surface area (Å²) in [5.41, 5.74) is 3.29. The molecule has 3 aromatic carbocycles. The van der Waals surface area contributed by atoms with Crippen LogP contribution in [0.5, 0.6) is 0 Å². The number of hydrogen-bond acceptors (Lipinski definition) is 4. The van der Waals surface area contributed by atoms with Gasteiger partial charge in [0.2, 0.25) is 15.9 Å². The number of para-hydroxylation sites is 2. The van der Waals surface area contributed by atoms with Gasteiger partial charge in [-0.25, -0.2) is 13.4 Å². The number of aromatic nitrogens is 2. The second-order valence-electron chi connectivity index (χ2n) is 6.80. The number of nitrogens with one attached hydrogen (secondary N) is 2. The average Bonchev–Trinajstić information content (AvgIpc) is 3.19. The van der Waals surface area contributed by atoms with Gasteiger partial charge in [-0.1, -0.05) is 30.3 Å². The minimum absolute atomic E-state index is 0.149. The molecule has 0 spiro atoms. The largest absolute Gasteiger partial charge is 0.338 e. The fraction of sp³-hybridized carbons (Fsp3) is 0.0909. The maximum atomic E-state index is 12.5. The number of aromatic amines is 1. The van der Waals surface area contributed by atoms with Crippen molar-refractivity contribution in [2.24, 2.45) is 0 Å². The summed E-state index contributed by atoms with van der Waals surface area (Å²) >= 11 is 0. The van der Waals surface area contributed by atoms with Crippen LogP contribution in [-0.4, -0.2) is 42.2 Å². The van der Waals surface area contributed by atoms with Crippen molar-refractivity contribution in [2.75, 3.05) is 18.9 Å². The first kappa shape index (κ1) is 19.8. The summed E-state index contributed by atoms with van der Waals surface area (Å²) in [6.45, 7) is -0.289. The molecular formula is C22H20N4O3S. The van der Waals surface area contributed by atoms with Crippen LogP contribution < -0.4 is 5.32 Å². The van der Waals surface area contributed by atoms with Crippen LogP contribution in [0.15, 0.2) is 83.8 Å². The summed E-state index contributed by atoms with van der Waals surface area (Å²) in [7, 11) is -2.34. The van der Waals surface area contributed by atoms with E-state index in [2.05, 4.69) is 15.3 Å². The fourth-order valence-corrected chi connectivity index (χ4v) is 4.21. The number of carbonyl (C=O) groups is 1. The summed E-state index contributed by atoms with van der Waals surface area (Å²) < 4.78 is 26.1. The van der Waals surface area contributed by atoms with Crippen molar-refractivity contribution in [3.05, 3.63) is 78.9 Å². The Kier molecular flexibility index (Phi) is 5.35. The Bertz CT molecular complexity index is 1250. The lowest BCUT2D eigenvalue weighted by molar-refractivity contribution is -0.116. The highest BCUT2D eigenvalue weighted by atomic mass is 32.2. The highest BCUT2D eigenvalue weighted by Crippen LogP contribution is 2.22. The van der Waals surface area contributed by atoms with Gasteiger partial charge in [0, 0.05) is 18.3 Å². The van der Waals surface area contributed by atoms with Gasteiger partial charge in [0.1, 0.15) is 5.82 Å². The number of anilines is 1. The zero-order valence-electron chi connectivity index (χ0n) is 16.2. The van der Waals surface area contributed by atoms with Crippen molar-refractivity contribution in [1.82, 2.24) is 14.3 Å². The molecule has 8 heteroatoms. The molecule has 1 amide bonds. The maximum absolute atomic E-state index is 12.5. The molecule has 0 aliphatic carbocycles. The number of imidazole rings is 1. The number of hydrogen-bond donors (Lipinski definition) is 2. The minimum atomic E-state index is -3.72. The average molecular weight is 420 g/mol. The monoisotopic (exact) mass is 420 g/mol. The number of fused-ring (bicyclic) bond motifs is 1. The van der Waals surface area contributed by atoms with Crippen LogP contribution in [0.2, 0.25) is 0 Å². The molecule has 4 aromatic rings. The molecule has 7 nitrogen and oxygen atoms in total. The van der Waals surface area contributed by atoms with Gasteiger partial charge in [-0.2, -0.15) is 4.31 Å². The lowest BCUT2D eigenvalue weighted by atomic mass is 10.2. The minimum Gasteiger partial charge on any atom is -0.338 e. The van der Waals surface area contributed by atoms with E-state index in [1.165, 1.54) is 19.2 Å². The molecule has 0 bridgehead atoms. The van der Waals surface area contributed by atoms with Gasteiger partial charge in [0.05, 0.1) is 22.5 Å². The van der Waals surface area contributed by atoms with Crippen LogP contribution >= 0.6 is 0 Å². The van der Waals surface area contributed by atoms with E-state index in [4.69, 9.17) is 0 Å². The SMILES string of the molecule is CN(CC(=O)Nc1ccc(-c2nc3ccccc3[nH]2)cc1)S(=O)(=O)c1ccccc1. The second kappa shape index (κ2) is 8.10. The molecule has 0 radical (unpaired) electrons. The fourth-order valence-electron chi connectivity index (χ4n) is 3.06. The molecule has 1 heterocycles. The number of H-pyrrole nitrogens is 1. The molecule has 0 saturated carbocycles. The lowest BCUT2D eigenvalue weighted by Gasteiger charge is -2.17. The van der Waals surface area contributed by atoms with Crippen molar-refractivity contribution in [2.45, 2.75) is 4.90 Å². The van der Waals surface area contributed by atoms with Crippen molar-refractivity contribution in [3.63, 3.8) is 0 Å². The molecule has 30 heavy (non-hydrogen) atoms. The summed E-state index contributed by atoms with van der Waals surface area (Å²) in [5.74, 6) is 0.316. The number of amides is 1. The van der Waals surface area contributed by atoms with Crippen molar-refractivity contribution >= 4 is 32.7 Å². The third kappa shape index (κ3) is 4.10. The lowest BCUT2D eigenvalue weighted by Crippen LogP contribution is -2.34. The maximum Gasteiger partial charge on any atom is 0.243 e. The Hall–Kier alpha value is -3.49. The summed E-state index contributed by atoms with van der Waals surface area (Å²) in [6, 6.07) is 23.0. The molecule has 0 unspecified atom stereocenters. The van der Waals surface area contributed by atoms with E-state index in [0.717, 1.165) is 26.7 Å². The highest BCUT2D eigenvalue weighted by Gasteiger charge is 2.22. The Balaban J connectivity index is 1.42. The molecule has 0 aliphatic heterocycles. The third-order valence-corrected chi connectivity index (χ3v) is 6.47. The standard InChI is InChI=1S/C22H20N4O3S/c1-26(30(28,29)18-7-3-2-4-8-18)15-21(27)23-17-13-11-16(12-14-17)22-24-19-9-5-6-10-20(19)25-22/h2-14H,15H2,1H3,(H,23,27)(H,24,25). The van der Waals surface area contributed by atoms with Crippen LogP contribution in [0.4, 0.5) is 5.69 Å². The summed E-state index contributed by atoms with van der Waals surface area (Å²) in [4.78, 5) is 20.3. The molecule has 0 aliphatic rings. The first-order chi connectivity index (χ1) is 14.4.